The molecule has 1 aromatic heterocycles. The Labute approximate surface area is 173 Å². The van der Waals surface area contributed by atoms with Crippen LogP contribution >= 0.6 is 0 Å². The van der Waals surface area contributed by atoms with Gasteiger partial charge in [-0.2, -0.15) is 10.4 Å². The van der Waals surface area contributed by atoms with Crippen LogP contribution in [0.4, 0.5) is 11.5 Å². The second-order valence-electron chi connectivity index (χ2n) is 6.78. The lowest BCUT2D eigenvalue weighted by Gasteiger charge is -2.30. The lowest BCUT2D eigenvalue weighted by Crippen LogP contribution is -2.31. The van der Waals surface area contributed by atoms with Crippen molar-refractivity contribution in [3.8, 4) is 17.6 Å². The van der Waals surface area contributed by atoms with Crippen LogP contribution in [0, 0.1) is 11.3 Å². The number of benzene rings is 2. The Balaban J connectivity index is 1.84. The highest BCUT2D eigenvalue weighted by Crippen LogP contribution is 2.40. The molecule has 0 fully saturated rings. The minimum atomic E-state index is -0.624. The third-order valence-electron chi connectivity index (χ3n) is 4.94. The number of fused-ring (bicyclic) bond motifs is 1. The Kier molecular flexibility index (Phi) is 4.86. The molecule has 0 bridgehead atoms. The van der Waals surface area contributed by atoms with E-state index < -0.39 is 6.04 Å². The van der Waals surface area contributed by atoms with Crippen LogP contribution in [0.2, 0.25) is 0 Å². The van der Waals surface area contributed by atoms with E-state index >= 15 is 0 Å². The maximum atomic E-state index is 13.3. The van der Waals surface area contributed by atoms with E-state index in [1.54, 1.807) is 35.9 Å². The number of nitrogens with zero attached hydrogens (tertiary/aromatic N) is 3. The fourth-order valence-corrected chi connectivity index (χ4v) is 3.52. The normalized spacial score (nSPS) is 15.0. The first-order valence-electron chi connectivity index (χ1n) is 9.22. The van der Waals surface area contributed by atoms with Gasteiger partial charge in [0.05, 0.1) is 18.9 Å². The number of amides is 1. The third kappa shape index (κ3) is 3.22. The molecular formula is C22H19N5O3. The second-order valence-corrected chi connectivity index (χ2v) is 6.78. The number of anilines is 2. The lowest BCUT2D eigenvalue weighted by molar-refractivity contribution is -0.113. The number of rotatable bonds is 4. The molecular weight excluding hydrogens is 382 g/mol. The number of carbonyl (C=O) groups excluding carboxylic acids is 1. The summed E-state index contributed by atoms with van der Waals surface area (Å²) >= 11 is 0. The first-order chi connectivity index (χ1) is 14.5. The van der Waals surface area contributed by atoms with Crippen molar-refractivity contribution in [1.82, 2.24) is 9.78 Å². The number of methoxy groups -OCH3 is 1. The molecule has 0 spiro atoms. The van der Waals surface area contributed by atoms with Gasteiger partial charge in [-0.05, 0) is 36.8 Å². The molecule has 0 saturated carbocycles. The minimum Gasteiger partial charge on any atom is -0.504 e. The van der Waals surface area contributed by atoms with Gasteiger partial charge in [-0.25, -0.2) is 4.68 Å². The molecule has 4 rings (SSSR count). The molecule has 2 heterocycles. The molecule has 1 aliphatic heterocycles. The van der Waals surface area contributed by atoms with Crippen molar-refractivity contribution >= 4 is 17.4 Å². The number of allylic oxidation sites excluding steroid dienone is 1. The van der Waals surface area contributed by atoms with Gasteiger partial charge in [0.2, 0.25) is 0 Å². The van der Waals surface area contributed by atoms with Gasteiger partial charge in [0.15, 0.2) is 11.5 Å². The number of hydrogen-bond donors (Lipinski definition) is 3. The van der Waals surface area contributed by atoms with Crippen molar-refractivity contribution in [2.75, 3.05) is 17.7 Å². The monoisotopic (exact) mass is 401 g/mol. The average molecular weight is 401 g/mol. The zero-order valence-electron chi connectivity index (χ0n) is 16.4. The number of para-hydroxylation sites is 1. The summed E-state index contributed by atoms with van der Waals surface area (Å²) in [5, 5.41) is 29.8. The average Bonchev–Trinajstić information content (AvgIpc) is 3.16. The molecule has 150 valence electrons. The lowest BCUT2D eigenvalue weighted by atomic mass is 9.94. The topological polar surface area (TPSA) is 112 Å². The standard InChI is InChI=1S/C22H19N5O3/c1-13-19(22(29)26-16-6-4-3-5-7-16)20(14-8-9-17(28)18(10-14)30-2)27-21(25-13)15(11-23)12-24-27/h3-10,12,20,25,28H,1-2H3,(H,26,29)/t20-/m0/s1. The number of hydrogen-bond acceptors (Lipinski definition) is 6. The zero-order chi connectivity index (χ0) is 21.3. The Hall–Kier alpha value is -4.25. The maximum Gasteiger partial charge on any atom is 0.255 e. The number of nitrogens with one attached hydrogen (secondary N) is 2. The summed E-state index contributed by atoms with van der Waals surface area (Å²) < 4.78 is 6.84. The first kappa shape index (κ1) is 19.1. The predicted octanol–water partition coefficient (Wildman–Crippen LogP) is 3.40. The Morgan fingerprint density at radius 3 is 2.77 bits per heavy atom. The summed E-state index contributed by atoms with van der Waals surface area (Å²) in [5.74, 6) is 0.469. The van der Waals surface area contributed by atoms with E-state index in [0.717, 1.165) is 0 Å². The van der Waals surface area contributed by atoms with Crippen molar-refractivity contribution in [1.29, 1.82) is 5.26 Å². The van der Waals surface area contributed by atoms with E-state index in [-0.39, 0.29) is 17.4 Å². The van der Waals surface area contributed by atoms with E-state index in [4.69, 9.17) is 4.74 Å². The fraction of sp³-hybridized carbons (Fsp3) is 0.136. The van der Waals surface area contributed by atoms with Crippen LogP contribution in [0.3, 0.4) is 0 Å². The summed E-state index contributed by atoms with van der Waals surface area (Å²) in [5.41, 5.74) is 2.75. The molecule has 1 atom stereocenters. The number of phenolic OH excluding ortho intramolecular Hbond substituents is 1. The van der Waals surface area contributed by atoms with E-state index in [1.807, 2.05) is 18.2 Å². The SMILES string of the molecule is COc1cc([C@H]2C(C(=O)Nc3ccccc3)=C(C)Nc3c(C#N)cnn32)ccc1O. The molecule has 30 heavy (non-hydrogen) atoms. The number of aromatic hydroxyl groups is 1. The molecule has 1 aliphatic rings. The molecule has 3 N–H and O–H groups in total. The van der Waals surface area contributed by atoms with E-state index in [0.29, 0.717) is 33.9 Å². The highest BCUT2D eigenvalue weighted by Gasteiger charge is 2.34. The third-order valence-corrected chi connectivity index (χ3v) is 4.94. The molecule has 0 radical (unpaired) electrons. The van der Waals surface area contributed by atoms with Crippen molar-refractivity contribution in [2.45, 2.75) is 13.0 Å². The zero-order valence-corrected chi connectivity index (χ0v) is 16.4. The predicted molar refractivity (Wildman–Crippen MR) is 111 cm³/mol. The van der Waals surface area contributed by atoms with Gasteiger partial charge in [-0.3, -0.25) is 4.79 Å². The molecule has 0 aliphatic carbocycles. The Morgan fingerprint density at radius 1 is 1.30 bits per heavy atom. The van der Waals surface area contributed by atoms with Crippen molar-refractivity contribution in [2.24, 2.45) is 0 Å². The molecule has 3 aromatic rings. The number of nitriles is 1. The number of phenols is 1. The fourth-order valence-electron chi connectivity index (χ4n) is 3.52. The number of ether oxygens (including phenoxy) is 1. The van der Waals surface area contributed by atoms with Crippen LogP contribution < -0.4 is 15.4 Å². The quantitative estimate of drug-likeness (QED) is 0.618. The first-order valence-corrected chi connectivity index (χ1v) is 9.22. The van der Waals surface area contributed by atoms with Crippen LogP contribution in [0.25, 0.3) is 0 Å². The molecule has 0 unspecified atom stereocenters. The van der Waals surface area contributed by atoms with E-state index in [2.05, 4.69) is 21.8 Å². The van der Waals surface area contributed by atoms with Gasteiger partial charge in [-0.1, -0.05) is 24.3 Å². The highest BCUT2D eigenvalue weighted by molar-refractivity contribution is 6.06. The van der Waals surface area contributed by atoms with Crippen LogP contribution in [-0.2, 0) is 4.79 Å². The molecule has 0 saturated heterocycles. The Bertz CT molecular complexity index is 1190. The van der Waals surface area contributed by atoms with Crippen molar-refractivity contribution in [3.05, 3.63) is 77.1 Å². The summed E-state index contributed by atoms with van der Waals surface area (Å²) in [7, 11) is 1.46. The maximum absolute atomic E-state index is 13.3. The van der Waals surface area contributed by atoms with Gasteiger partial charge >= 0.3 is 0 Å². The van der Waals surface area contributed by atoms with Gasteiger partial charge in [-0.15, -0.1) is 0 Å². The van der Waals surface area contributed by atoms with Gasteiger partial charge in [0, 0.05) is 11.4 Å². The van der Waals surface area contributed by atoms with Gasteiger partial charge in [0.25, 0.3) is 5.91 Å². The second kappa shape index (κ2) is 7.64. The molecule has 8 heteroatoms. The van der Waals surface area contributed by atoms with Crippen LogP contribution in [0.15, 0.2) is 66.0 Å². The van der Waals surface area contributed by atoms with Gasteiger partial charge < -0.3 is 20.5 Å². The summed E-state index contributed by atoms with van der Waals surface area (Å²) in [4.78, 5) is 13.3. The minimum absolute atomic E-state index is 0.00965. The van der Waals surface area contributed by atoms with Crippen LogP contribution in [-0.4, -0.2) is 27.9 Å². The number of aromatic nitrogens is 2. The molecule has 1 amide bonds. The summed E-state index contributed by atoms with van der Waals surface area (Å²) in [6.07, 6.45) is 1.46. The van der Waals surface area contributed by atoms with E-state index in [1.165, 1.54) is 19.4 Å². The Morgan fingerprint density at radius 2 is 2.07 bits per heavy atom. The highest BCUT2D eigenvalue weighted by atomic mass is 16.5. The van der Waals surface area contributed by atoms with Gasteiger partial charge in [0.1, 0.15) is 23.5 Å². The summed E-state index contributed by atoms with van der Waals surface area (Å²) in [6.45, 7) is 1.78. The smallest absolute Gasteiger partial charge is 0.255 e. The van der Waals surface area contributed by atoms with E-state index in [9.17, 15) is 15.2 Å². The summed E-state index contributed by atoms with van der Waals surface area (Å²) in [6, 6.07) is 15.5. The molecule has 8 nitrogen and oxygen atoms in total. The van der Waals surface area contributed by atoms with Crippen molar-refractivity contribution in [3.63, 3.8) is 0 Å². The number of carbonyl (C=O) groups is 1. The largest absolute Gasteiger partial charge is 0.504 e. The van der Waals surface area contributed by atoms with Crippen molar-refractivity contribution < 1.29 is 14.6 Å². The van der Waals surface area contributed by atoms with Crippen LogP contribution in [0.1, 0.15) is 24.1 Å². The molecule has 2 aromatic carbocycles. The van der Waals surface area contributed by atoms with Crippen LogP contribution in [0.5, 0.6) is 11.5 Å².